The average molecular weight is 456 g/mol. The molecule has 0 heterocycles. The van der Waals surface area contributed by atoms with E-state index in [1.807, 2.05) is 0 Å². The van der Waals surface area contributed by atoms with E-state index in [-0.39, 0.29) is 5.71 Å². The summed E-state index contributed by atoms with van der Waals surface area (Å²) in [4.78, 5) is 21.4. The van der Waals surface area contributed by atoms with Crippen LogP contribution in [-0.2, 0) is 14.9 Å². The van der Waals surface area contributed by atoms with Crippen molar-refractivity contribution in [2.24, 2.45) is 10.2 Å². The molecule has 0 saturated heterocycles. The number of carbonyl (C=O) groups is 1. The van der Waals surface area contributed by atoms with E-state index >= 15 is 0 Å². The molecule has 0 aromatic heterocycles. The topological polar surface area (TPSA) is 195 Å². The van der Waals surface area contributed by atoms with Gasteiger partial charge in [0.2, 0.25) is 5.75 Å². The fourth-order valence-corrected chi connectivity index (χ4v) is 2.89. The zero-order valence-electron chi connectivity index (χ0n) is 15.1. The number of hydrogen-bond acceptors (Lipinski definition) is 9. The number of carbonyl (C=O) groups excluding carboxylic acids is 1. The van der Waals surface area contributed by atoms with Crippen LogP contribution in [0.3, 0.4) is 0 Å². The van der Waals surface area contributed by atoms with Crippen LogP contribution in [0.25, 0.3) is 0 Å². The van der Waals surface area contributed by atoms with Gasteiger partial charge in [-0.2, -0.15) is 18.6 Å². The SMILES string of the molecule is CC(=N)C(N=Nc1cc(S(=O)(=O)O)cc([N+](=O)[O-])c1O)C(=O)Nc1cccc(Cl)c1. The van der Waals surface area contributed by atoms with E-state index in [2.05, 4.69) is 15.5 Å². The maximum atomic E-state index is 12.4. The Morgan fingerprint density at radius 1 is 1.33 bits per heavy atom. The minimum absolute atomic E-state index is 0.266. The summed E-state index contributed by atoms with van der Waals surface area (Å²) < 4.78 is 31.8. The van der Waals surface area contributed by atoms with E-state index < -0.39 is 49.0 Å². The van der Waals surface area contributed by atoms with Crippen molar-refractivity contribution in [2.45, 2.75) is 17.9 Å². The minimum Gasteiger partial charge on any atom is -0.501 e. The van der Waals surface area contributed by atoms with Gasteiger partial charge in [-0.25, -0.2) is 0 Å². The second-order valence-electron chi connectivity index (χ2n) is 5.84. The number of nitrogens with zero attached hydrogens (tertiary/aromatic N) is 3. The molecule has 12 nitrogen and oxygen atoms in total. The molecular weight excluding hydrogens is 442 g/mol. The molecule has 0 aliphatic rings. The van der Waals surface area contributed by atoms with E-state index in [1.54, 1.807) is 12.1 Å². The van der Waals surface area contributed by atoms with Crippen LogP contribution in [0.1, 0.15) is 6.92 Å². The molecule has 0 radical (unpaired) electrons. The number of nitro benzene ring substituents is 1. The molecule has 1 atom stereocenters. The Kier molecular flexibility index (Phi) is 6.81. The van der Waals surface area contributed by atoms with Crippen molar-refractivity contribution in [3.05, 3.63) is 51.5 Å². The molecule has 0 aliphatic heterocycles. The largest absolute Gasteiger partial charge is 0.501 e. The van der Waals surface area contributed by atoms with Crippen LogP contribution < -0.4 is 5.32 Å². The molecule has 0 saturated carbocycles. The van der Waals surface area contributed by atoms with Gasteiger partial charge < -0.3 is 15.8 Å². The maximum Gasteiger partial charge on any atom is 0.314 e. The van der Waals surface area contributed by atoms with Crippen molar-refractivity contribution in [1.29, 1.82) is 5.41 Å². The number of rotatable bonds is 7. The Hall–Kier alpha value is -3.42. The van der Waals surface area contributed by atoms with Crippen LogP contribution in [0.5, 0.6) is 5.75 Å². The fraction of sp³-hybridized carbons (Fsp3) is 0.125. The lowest BCUT2D eigenvalue weighted by Gasteiger charge is -2.11. The average Bonchev–Trinajstić information content (AvgIpc) is 2.61. The predicted octanol–water partition coefficient (Wildman–Crippen LogP) is 3.33. The Morgan fingerprint density at radius 2 is 2.00 bits per heavy atom. The highest BCUT2D eigenvalue weighted by Crippen LogP contribution is 2.38. The van der Waals surface area contributed by atoms with Crippen molar-refractivity contribution < 1.29 is 27.8 Å². The number of phenolic OH excluding ortho intramolecular Hbond substituents is 1. The van der Waals surface area contributed by atoms with Crippen molar-refractivity contribution in [1.82, 2.24) is 0 Å². The standard InChI is InChI=1S/C16H14ClN5O7S/c1-8(18)14(16(24)19-10-4-2-3-9(17)5-10)21-20-12-6-11(30(27,28)29)7-13(15(12)23)22(25)26/h2-7,14,18,23H,1H3,(H,19,24)(H,27,28,29). The van der Waals surface area contributed by atoms with Crippen molar-refractivity contribution >= 4 is 50.4 Å². The maximum absolute atomic E-state index is 12.4. The monoisotopic (exact) mass is 455 g/mol. The summed E-state index contributed by atoms with van der Waals surface area (Å²) in [6.07, 6.45) is 0. The minimum atomic E-state index is -4.87. The van der Waals surface area contributed by atoms with Crippen LogP contribution in [0.15, 0.2) is 51.5 Å². The Labute approximate surface area is 174 Å². The quantitative estimate of drug-likeness (QED) is 0.161. The normalized spacial score (nSPS) is 12.5. The van der Waals surface area contributed by atoms with Gasteiger partial charge in [-0.1, -0.05) is 17.7 Å². The number of phenols is 1. The summed E-state index contributed by atoms with van der Waals surface area (Å²) in [6.45, 7) is 1.25. The van der Waals surface area contributed by atoms with Crippen LogP contribution in [-0.4, -0.2) is 40.7 Å². The molecule has 0 fully saturated rings. The first-order valence-corrected chi connectivity index (χ1v) is 9.73. The Bertz CT molecular complexity index is 1170. The third-order valence-corrected chi connectivity index (χ3v) is 4.64. The van der Waals surface area contributed by atoms with E-state index in [4.69, 9.17) is 21.6 Å². The number of benzene rings is 2. The van der Waals surface area contributed by atoms with E-state index in [9.17, 15) is 28.4 Å². The smallest absolute Gasteiger partial charge is 0.314 e. The zero-order chi connectivity index (χ0) is 22.6. The molecule has 0 bridgehead atoms. The van der Waals surface area contributed by atoms with Gasteiger partial charge in [-0.3, -0.25) is 19.5 Å². The second-order valence-corrected chi connectivity index (χ2v) is 7.70. The number of nitro groups is 1. The van der Waals surface area contributed by atoms with Gasteiger partial charge in [-0.05, 0) is 31.2 Å². The first kappa shape index (κ1) is 22.9. The molecule has 2 aromatic rings. The molecule has 4 N–H and O–H groups in total. The van der Waals surface area contributed by atoms with Crippen LogP contribution >= 0.6 is 11.6 Å². The lowest BCUT2D eigenvalue weighted by atomic mass is 10.2. The molecule has 2 aromatic carbocycles. The molecule has 158 valence electrons. The predicted molar refractivity (Wildman–Crippen MR) is 106 cm³/mol. The van der Waals surface area contributed by atoms with Crippen molar-refractivity contribution in [2.75, 3.05) is 5.32 Å². The number of nitrogens with one attached hydrogen (secondary N) is 2. The summed E-state index contributed by atoms with van der Waals surface area (Å²) >= 11 is 5.83. The summed E-state index contributed by atoms with van der Waals surface area (Å²) in [5.74, 6) is -1.83. The van der Waals surface area contributed by atoms with Gasteiger partial charge in [0.1, 0.15) is 10.6 Å². The molecule has 0 spiro atoms. The fourth-order valence-electron chi connectivity index (χ4n) is 2.18. The number of anilines is 1. The highest BCUT2D eigenvalue weighted by molar-refractivity contribution is 7.85. The van der Waals surface area contributed by atoms with Gasteiger partial charge in [0.15, 0.2) is 6.04 Å². The number of amides is 1. The summed E-state index contributed by atoms with van der Waals surface area (Å²) in [6, 6.07) is 5.69. The van der Waals surface area contributed by atoms with Crippen LogP contribution in [0.2, 0.25) is 5.02 Å². The molecule has 14 heteroatoms. The highest BCUT2D eigenvalue weighted by Gasteiger charge is 2.25. The lowest BCUT2D eigenvalue weighted by molar-refractivity contribution is -0.386. The third kappa shape index (κ3) is 5.56. The van der Waals surface area contributed by atoms with Crippen molar-refractivity contribution in [3.63, 3.8) is 0 Å². The van der Waals surface area contributed by atoms with Gasteiger partial charge in [0, 0.05) is 22.5 Å². The number of azo groups is 1. The Morgan fingerprint density at radius 3 is 2.53 bits per heavy atom. The van der Waals surface area contributed by atoms with Crippen LogP contribution in [0, 0.1) is 15.5 Å². The second kappa shape index (κ2) is 8.94. The Balaban J connectivity index is 2.43. The molecule has 1 unspecified atom stereocenters. The first-order valence-electron chi connectivity index (χ1n) is 7.91. The van der Waals surface area contributed by atoms with Gasteiger partial charge in [0.25, 0.3) is 16.0 Å². The third-order valence-electron chi connectivity index (χ3n) is 3.57. The summed E-state index contributed by atoms with van der Waals surface area (Å²) in [5, 5.41) is 38.6. The lowest BCUT2D eigenvalue weighted by Crippen LogP contribution is -2.31. The molecular formula is C16H14ClN5O7S. The van der Waals surface area contributed by atoms with Crippen LogP contribution in [0.4, 0.5) is 17.1 Å². The summed E-state index contributed by atoms with van der Waals surface area (Å²) in [5.41, 5.74) is -1.71. The molecule has 2 rings (SSSR count). The number of aromatic hydroxyl groups is 1. The zero-order valence-corrected chi connectivity index (χ0v) is 16.7. The number of halogens is 1. The van der Waals surface area contributed by atoms with Gasteiger partial charge >= 0.3 is 5.69 Å². The van der Waals surface area contributed by atoms with Crippen molar-refractivity contribution in [3.8, 4) is 5.75 Å². The number of hydrogen-bond donors (Lipinski definition) is 4. The van der Waals surface area contributed by atoms with Gasteiger partial charge in [0.05, 0.1) is 4.92 Å². The van der Waals surface area contributed by atoms with Gasteiger partial charge in [-0.15, -0.1) is 0 Å². The molecule has 0 aliphatic carbocycles. The van der Waals surface area contributed by atoms with E-state index in [1.165, 1.54) is 19.1 Å². The highest BCUT2D eigenvalue weighted by atomic mass is 35.5. The molecule has 1 amide bonds. The molecule has 30 heavy (non-hydrogen) atoms. The van der Waals surface area contributed by atoms with E-state index in [0.717, 1.165) is 0 Å². The summed E-state index contributed by atoms with van der Waals surface area (Å²) in [7, 11) is -4.87. The van der Waals surface area contributed by atoms with E-state index in [0.29, 0.717) is 22.8 Å². The first-order chi connectivity index (χ1) is 13.9.